The lowest BCUT2D eigenvalue weighted by Gasteiger charge is -2.02. The van der Waals surface area contributed by atoms with Gasteiger partial charge in [-0.1, -0.05) is 6.07 Å². The van der Waals surface area contributed by atoms with Crippen molar-refractivity contribution in [3.8, 4) is 0 Å². The number of anilines is 2. The van der Waals surface area contributed by atoms with Crippen molar-refractivity contribution in [3.05, 3.63) is 41.9 Å². The third kappa shape index (κ3) is 2.20. The van der Waals surface area contributed by atoms with Crippen LogP contribution in [0.3, 0.4) is 0 Å². The molecule has 4 N–H and O–H groups in total. The predicted octanol–water partition coefficient (Wildman–Crippen LogP) is 1.55. The summed E-state index contributed by atoms with van der Waals surface area (Å²) in [4.78, 5) is 18.5. The molecule has 0 aromatic carbocycles. The number of carbonyl (C=O) groups excluding carboxylic acids is 1. The maximum Gasteiger partial charge on any atom is 0.273 e. The van der Waals surface area contributed by atoms with Gasteiger partial charge in [-0.05, 0) is 24.6 Å². The third-order valence-electron chi connectivity index (χ3n) is 2.10. The van der Waals surface area contributed by atoms with E-state index in [9.17, 15) is 4.79 Å². The molecule has 0 saturated carbocycles. The zero-order chi connectivity index (χ0) is 11.5. The lowest BCUT2D eigenvalue weighted by atomic mass is 10.3. The molecule has 1 amide bonds. The number of aromatic nitrogens is 2. The smallest absolute Gasteiger partial charge is 0.273 e. The van der Waals surface area contributed by atoms with Gasteiger partial charge in [-0.3, -0.25) is 4.79 Å². The number of carbonyl (C=O) groups is 1. The molecule has 0 saturated heterocycles. The Hall–Kier alpha value is -2.30. The molecular formula is C11H12N4O. The first-order valence-electron chi connectivity index (χ1n) is 4.83. The Morgan fingerprint density at radius 1 is 1.50 bits per heavy atom. The van der Waals surface area contributed by atoms with Crippen LogP contribution in [0.1, 0.15) is 16.1 Å². The average Bonchev–Trinajstić information content (AvgIpc) is 2.68. The van der Waals surface area contributed by atoms with Crippen LogP contribution in [0.25, 0.3) is 0 Å². The summed E-state index contributed by atoms with van der Waals surface area (Å²) < 4.78 is 0. The fraction of sp³-hybridized carbons (Fsp3) is 0.0909. The maximum atomic E-state index is 11.7. The number of nitrogen functional groups attached to an aromatic ring is 1. The van der Waals surface area contributed by atoms with E-state index in [1.165, 1.54) is 0 Å². The van der Waals surface area contributed by atoms with Crippen molar-refractivity contribution >= 4 is 17.4 Å². The minimum absolute atomic E-state index is 0.256. The number of hydrogen-bond donors (Lipinski definition) is 3. The highest BCUT2D eigenvalue weighted by Crippen LogP contribution is 2.08. The average molecular weight is 216 g/mol. The number of hydrogen-bond acceptors (Lipinski definition) is 3. The monoisotopic (exact) mass is 216 g/mol. The van der Waals surface area contributed by atoms with Crippen LogP contribution in [0, 0.1) is 6.92 Å². The lowest BCUT2D eigenvalue weighted by Crippen LogP contribution is -2.13. The Labute approximate surface area is 92.7 Å². The van der Waals surface area contributed by atoms with Gasteiger partial charge < -0.3 is 16.0 Å². The number of amides is 1. The Bertz CT molecular complexity index is 501. The Kier molecular flexibility index (Phi) is 2.59. The summed E-state index contributed by atoms with van der Waals surface area (Å²) in [5.74, 6) is 0.261. The molecule has 2 aromatic rings. The van der Waals surface area contributed by atoms with E-state index in [4.69, 9.17) is 5.73 Å². The summed E-state index contributed by atoms with van der Waals surface area (Å²) in [5.41, 5.74) is 7.49. The molecule has 5 heteroatoms. The summed E-state index contributed by atoms with van der Waals surface area (Å²) in [6, 6.07) is 5.20. The summed E-state index contributed by atoms with van der Waals surface area (Å²) in [5, 5.41) is 2.66. The van der Waals surface area contributed by atoms with E-state index in [0.717, 1.165) is 5.56 Å². The van der Waals surface area contributed by atoms with Crippen LogP contribution in [0.5, 0.6) is 0 Å². The zero-order valence-corrected chi connectivity index (χ0v) is 8.82. The molecule has 2 rings (SSSR count). The molecule has 0 fully saturated rings. The largest absolute Gasteiger partial charge is 0.397 e. The Morgan fingerprint density at radius 3 is 2.88 bits per heavy atom. The number of nitrogens with zero attached hydrogens (tertiary/aromatic N) is 1. The van der Waals surface area contributed by atoms with Gasteiger partial charge >= 0.3 is 0 Å². The zero-order valence-electron chi connectivity index (χ0n) is 8.82. The molecule has 0 unspecified atom stereocenters. The van der Waals surface area contributed by atoms with Crippen molar-refractivity contribution in [2.75, 3.05) is 11.1 Å². The van der Waals surface area contributed by atoms with Crippen LogP contribution >= 0.6 is 0 Å². The van der Waals surface area contributed by atoms with Gasteiger partial charge in [0.05, 0.1) is 0 Å². The SMILES string of the molecule is Cc1ccc(NC(=O)c2cc(N)c[nH]2)nc1. The second-order valence-electron chi connectivity index (χ2n) is 3.52. The highest BCUT2D eigenvalue weighted by atomic mass is 16.1. The van der Waals surface area contributed by atoms with Gasteiger partial charge in [-0.25, -0.2) is 4.98 Å². The highest BCUT2D eigenvalue weighted by Gasteiger charge is 2.08. The molecule has 0 spiro atoms. The fourth-order valence-electron chi connectivity index (χ4n) is 1.27. The molecule has 0 aliphatic carbocycles. The van der Waals surface area contributed by atoms with Gasteiger partial charge in [0.1, 0.15) is 11.5 Å². The van der Waals surface area contributed by atoms with Crippen molar-refractivity contribution in [1.29, 1.82) is 0 Å². The number of nitrogens with two attached hydrogens (primary N) is 1. The molecule has 5 nitrogen and oxygen atoms in total. The minimum Gasteiger partial charge on any atom is -0.397 e. The van der Waals surface area contributed by atoms with Gasteiger partial charge in [0.15, 0.2) is 0 Å². The minimum atomic E-state index is -0.256. The van der Waals surface area contributed by atoms with Crippen LogP contribution in [0.15, 0.2) is 30.6 Å². The molecule has 0 aliphatic rings. The van der Waals surface area contributed by atoms with Crippen LogP contribution in [0.4, 0.5) is 11.5 Å². The predicted molar refractivity (Wildman–Crippen MR) is 62.1 cm³/mol. The fourth-order valence-corrected chi connectivity index (χ4v) is 1.27. The van der Waals surface area contributed by atoms with Crippen molar-refractivity contribution in [2.45, 2.75) is 6.92 Å². The maximum absolute atomic E-state index is 11.7. The van der Waals surface area contributed by atoms with E-state index in [1.807, 2.05) is 13.0 Å². The molecule has 2 aromatic heterocycles. The number of nitrogens with one attached hydrogen (secondary N) is 2. The number of pyridine rings is 1. The van der Waals surface area contributed by atoms with Crippen LogP contribution < -0.4 is 11.1 Å². The number of H-pyrrole nitrogens is 1. The van der Waals surface area contributed by atoms with Crippen molar-refractivity contribution in [3.63, 3.8) is 0 Å². The van der Waals surface area contributed by atoms with Gasteiger partial charge in [-0.15, -0.1) is 0 Å². The van der Waals surface area contributed by atoms with Crippen molar-refractivity contribution < 1.29 is 4.79 Å². The first-order valence-corrected chi connectivity index (χ1v) is 4.83. The normalized spacial score (nSPS) is 10.1. The summed E-state index contributed by atoms with van der Waals surface area (Å²) in [6.07, 6.45) is 3.26. The van der Waals surface area contributed by atoms with Gasteiger partial charge in [0, 0.05) is 18.1 Å². The molecular weight excluding hydrogens is 204 g/mol. The first kappa shape index (κ1) is 10.2. The number of rotatable bonds is 2. The quantitative estimate of drug-likeness (QED) is 0.712. The summed E-state index contributed by atoms with van der Waals surface area (Å²) >= 11 is 0. The first-order chi connectivity index (χ1) is 7.65. The summed E-state index contributed by atoms with van der Waals surface area (Å²) in [7, 11) is 0. The summed E-state index contributed by atoms with van der Waals surface area (Å²) in [6.45, 7) is 1.93. The van der Waals surface area contributed by atoms with Crippen LogP contribution in [-0.4, -0.2) is 15.9 Å². The Balaban J connectivity index is 2.10. The number of aromatic amines is 1. The van der Waals surface area contributed by atoms with E-state index >= 15 is 0 Å². The van der Waals surface area contributed by atoms with Gasteiger partial charge in [0.25, 0.3) is 5.91 Å². The lowest BCUT2D eigenvalue weighted by molar-refractivity contribution is 0.102. The second kappa shape index (κ2) is 4.06. The van der Waals surface area contributed by atoms with Crippen LogP contribution in [-0.2, 0) is 0 Å². The molecule has 0 radical (unpaired) electrons. The van der Waals surface area contributed by atoms with E-state index in [-0.39, 0.29) is 5.91 Å². The Morgan fingerprint density at radius 2 is 2.31 bits per heavy atom. The van der Waals surface area contributed by atoms with Gasteiger partial charge in [-0.2, -0.15) is 0 Å². The molecule has 16 heavy (non-hydrogen) atoms. The van der Waals surface area contributed by atoms with Gasteiger partial charge in [0.2, 0.25) is 0 Å². The molecule has 0 bridgehead atoms. The highest BCUT2D eigenvalue weighted by molar-refractivity contribution is 6.02. The van der Waals surface area contributed by atoms with E-state index < -0.39 is 0 Å². The van der Waals surface area contributed by atoms with Crippen molar-refractivity contribution in [2.24, 2.45) is 0 Å². The molecule has 82 valence electrons. The van der Waals surface area contributed by atoms with E-state index in [2.05, 4.69) is 15.3 Å². The molecule has 2 heterocycles. The molecule has 0 atom stereocenters. The van der Waals surface area contributed by atoms with E-state index in [0.29, 0.717) is 17.2 Å². The number of aryl methyl sites for hydroxylation is 1. The van der Waals surface area contributed by atoms with Crippen LogP contribution in [0.2, 0.25) is 0 Å². The van der Waals surface area contributed by atoms with E-state index in [1.54, 1.807) is 24.5 Å². The standard InChI is InChI=1S/C11H12N4O/c1-7-2-3-10(14-5-7)15-11(16)9-4-8(12)6-13-9/h2-6,13H,12H2,1H3,(H,14,15,16). The second-order valence-corrected chi connectivity index (χ2v) is 3.52. The topological polar surface area (TPSA) is 83.8 Å². The third-order valence-corrected chi connectivity index (χ3v) is 2.10. The molecule has 0 aliphatic heterocycles. The van der Waals surface area contributed by atoms with Crippen molar-refractivity contribution in [1.82, 2.24) is 9.97 Å².